The summed E-state index contributed by atoms with van der Waals surface area (Å²) in [5.41, 5.74) is 3.29. The van der Waals surface area contributed by atoms with E-state index in [1.165, 1.54) is 5.56 Å². The molecule has 3 heteroatoms. The van der Waals surface area contributed by atoms with Crippen molar-refractivity contribution in [2.45, 2.75) is 13.3 Å². The maximum Gasteiger partial charge on any atom is 0.122 e. The highest BCUT2D eigenvalue weighted by Gasteiger charge is 2.03. The van der Waals surface area contributed by atoms with E-state index in [0.29, 0.717) is 0 Å². The highest BCUT2D eigenvalue weighted by Crippen LogP contribution is 2.26. The predicted octanol–water partition coefficient (Wildman–Crippen LogP) is 4.01. The van der Waals surface area contributed by atoms with Crippen molar-refractivity contribution in [2.75, 3.05) is 19.5 Å². The number of nitrogens with one attached hydrogen (secondary N) is 1. The van der Waals surface area contributed by atoms with E-state index in [1.807, 2.05) is 36.4 Å². The maximum atomic E-state index is 5.33. The van der Waals surface area contributed by atoms with Crippen molar-refractivity contribution in [3.8, 4) is 11.5 Å². The summed E-state index contributed by atoms with van der Waals surface area (Å²) in [4.78, 5) is 0. The van der Waals surface area contributed by atoms with E-state index >= 15 is 0 Å². The molecule has 0 aliphatic rings. The maximum absolute atomic E-state index is 5.33. The second-order valence-corrected chi connectivity index (χ2v) is 4.23. The van der Waals surface area contributed by atoms with Gasteiger partial charge < -0.3 is 14.8 Å². The van der Waals surface area contributed by atoms with Crippen molar-refractivity contribution < 1.29 is 9.47 Å². The Balaban J connectivity index is 2.18. The number of hydrogen-bond donors (Lipinski definition) is 1. The molecule has 19 heavy (non-hydrogen) atoms. The Hall–Kier alpha value is -2.16. The van der Waals surface area contributed by atoms with E-state index < -0.39 is 0 Å². The molecule has 0 saturated carbocycles. The van der Waals surface area contributed by atoms with Crippen LogP contribution in [0.5, 0.6) is 11.5 Å². The average molecular weight is 257 g/mol. The number of aryl methyl sites for hydroxylation is 1. The Bertz CT molecular complexity index is 535. The Morgan fingerprint density at radius 2 is 1.58 bits per heavy atom. The zero-order chi connectivity index (χ0) is 13.7. The molecule has 1 N–H and O–H groups in total. The topological polar surface area (TPSA) is 30.5 Å². The largest absolute Gasteiger partial charge is 0.497 e. The molecule has 0 heterocycles. The van der Waals surface area contributed by atoms with Gasteiger partial charge in [0.25, 0.3) is 0 Å². The van der Waals surface area contributed by atoms with E-state index in [4.69, 9.17) is 9.47 Å². The summed E-state index contributed by atoms with van der Waals surface area (Å²) < 4.78 is 10.5. The first-order chi connectivity index (χ1) is 9.26. The third-order valence-electron chi connectivity index (χ3n) is 3.04. The molecule has 3 nitrogen and oxygen atoms in total. The summed E-state index contributed by atoms with van der Waals surface area (Å²) >= 11 is 0. The minimum Gasteiger partial charge on any atom is -0.497 e. The average Bonchev–Trinajstić information content (AvgIpc) is 2.48. The molecule has 0 amide bonds. The molecular formula is C16H19NO2. The zero-order valence-corrected chi connectivity index (χ0v) is 11.6. The molecule has 0 saturated heterocycles. The van der Waals surface area contributed by atoms with Gasteiger partial charge in [0, 0.05) is 11.4 Å². The van der Waals surface area contributed by atoms with Crippen LogP contribution in [0.15, 0.2) is 42.5 Å². The minimum absolute atomic E-state index is 0.856. The predicted molar refractivity (Wildman–Crippen MR) is 78.6 cm³/mol. The normalized spacial score (nSPS) is 10.1. The molecular weight excluding hydrogens is 238 g/mol. The van der Waals surface area contributed by atoms with Crippen molar-refractivity contribution >= 4 is 11.4 Å². The summed E-state index contributed by atoms with van der Waals surface area (Å²) in [5, 5.41) is 3.37. The Kier molecular flexibility index (Phi) is 4.29. The quantitative estimate of drug-likeness (QED) is 0.877. The molecule has 2 aromatic rings. The van der Waals surface area contributed by atoms with Crippen LogP contribution in [0.2, 0.25) is 0 Å². The molecule has 0 aliphatic carbocycles. The number of ether oxygens (including phenoxy) is 2. The molecule has 100 valence electrons. The lowest BCUT2D eigenvalue weighted by molar-refractivity contribution is 0.410. The van der Waals surface area contributed by atoms with Gasteiger partial charge in [0.1, 0.15) is 11.5 Å². The van der Waals surface area contributed by atoms with Crippen LogP contribution in [0.3, 0.4) is 0 Å². The number of anilines is 2. The second-order valence-electron chi connectivity index (χ2n) is 4.23. The summed E-state index contributed by atoms with van der Waals surface area (Å²) in [6.45, 7) is 2.12. The summed E-state index contributed by atoms with van der Waals surface area (Å²) in [7, 11) is 3.37. The first-order valence-electron chi connectivity index (χ1n) is 6.34. The van der Waals surface area contributed by atoms with Crippen LogP contribution in [0.1, 0.15) is 12.5 Å². The van der Waals surface area contributed by atoms with E-state index in [9.17, 15) is 0 Å². The fourth-order valence-corrected chi connectivity index (χ4v) is 1.97. The van der Waals surface area contributed by atoms with Gasteiger partial charge in [0.05, 0.1) is 14.2 Å². The van der Waals surface area contributed by atoms with Crippen LogP contribution < -0.4 is 14.8 Å². The number of rotatable bonds is 5. The number of methoxy groups -OCH3 is 2. The van der Waals surface area contributed by atoms with Crippen molar-refractivity contribution in [3.05, 3.63) is 48.0 Å². The smallest absolute Gasteiger partial charge is 0.122 e. The molecule has 0 radical (unpaired) electrons. The summed E-state index contributed by atoms with van der Waals surface area (Å²) in [5.74, 6) is 1.79. The van der Waals surface area contributed by atoms with Crippen LogP contribution in [0, 0.1) is 0 Å². The fourth-order valence-electron chi connectivity index (χ4n) is 1.97. The number of hydrogen-bond acceptors (Lipinski definition) is 3. The standard InChI is InChI=1S/C16H19NO2/c1-4-12-11-14(7-10-16(12)19-3)17-13-5-8-15(18-2)9-6-13/h5-11,17H,4H2,1-3H3. The highest BCUT2D eigenvalue weighted by molar-refractivity contribution is 5.62. The van der Waals surface area contributed by atoms with Crippen molar-refractivity contribution in [1.82, 2.24) is 0 Å². The Labute approximate surface area is 114 Å². The van der Waals surface area contributed by atoms with Crippen molar-refractivity contribution in [2.24, 2.45) is 0 Å². The summed E-state index contributed by atoms with van der Waals surface area (Å²) in [6.07, 6.45) is 0.946. The van der Waals surface area contributed by atoms with Crippen LogP contribution in [0.25, 0.3) is 0 Å². The van der Waals surface area contributed by atoms with E-state index in [0.717, 1.165) is 29.3 Å². The lowest BCUT2D eigenvalue weighted by atomic mass is 10.1. The third kappa shape index (κ3) is 3.19. The molecule has 2 aromatic carbocycles. The van der Waals surface area contributed by atoms with Gasteiger partial charge in [0.15, 0.2) is 0 Å². The Morgan fingerprint density at radius 1 is 0.895 bits per heavy atom. The van der Waals surface area contributed by atoms with Gasteiger partial charge in [-0.05, 0) is 54.4 Å². The second kappa shape index (κ2) is 6.14. The monoisotopic (exact) mass is 257 g/mol. The van der Waals surface area contributed by atoms with Crippen LogP contribution >= 0.6 is 0 Å². The van der Waals surface area contributed by atoms with Crippen molar-refractivity contribution in [3.63, 3.8) is 0 Å². The van der Waals surface area contributed by atoms with Gasteiger partial charge >= 0.3 is 0 Å². The minimum atomic E-state index is 0.856. The lowest BCUT2D eigenvalue weighted by Gasteiger charge is -2.11. The van der Waals surface area contributed by atoms with Gasteiger partial charge in [0.2, 0.25) is 0 Å². The van der Waals surface area contributed by atoms with Crippen LogP contribution in [0.4, 0.5) is 11.4 Å². The molecule has 2 rings (SSSR count). The molecule has 0 fully saturated rings. The Morgan fingerprint density at radius 3 is 2.16 bits per heavy atom. The van der Waals surface area contributed by atoms with Gasteiger partial charge in [-0.25, -0.2) is 0 Å². The molecule has 0 unspecified atom stereocenters. The van der Waals surface area contributed by atoms with Crippen LogP contribution in [-0.2, 0) is 6.42 Å². The van der Waals surface area contributed by atoms with Gasteiger partial charge in [-0.1, -0.05) is 6.92 Å². The lowest BCUT2D eigenvalue weighted by Crippen LogP contribution is -1.95. The number of benzene rings is 2. The SMILES string of the molecule is CCc1cc(Nc2ccc(OC)cc2)ccc1OC. The fraction of sp³-hybridized carbons (Fsp3) is 0.250. The highest BCUT2D eigenvalue weighted by atomic mass is 16.5. The van der Waals surface area contributed by atoms with E-state index in [2.05, 4.69) is 18.3 Å². The molecule has 0 aromatic heterocycles. The van der Waals surface area contributed by atoms with Gasteiger partial charge in [-0.15, -0.1) is 0 Å². The van der Waals surface area contributed by atoms with Crippen molar-refractivity contribution in [1.29, 1.82) is 0 Å². The molecule has 0 aliphatic heterocycles. The first-order valence-corrected chi connectivity index (χ1v) is 6.34. The summed E-state index contributed by atoms with van der Waals surface area (Å²) in [6, 6.07) is 14.0. The molecule has 0 spiro atoms. The molecule has 0 atom stereocenters. The third-order valence-corrected chi connectivity index (χ3v) is 3.04. The zero-order valence-electron chi connectivity index (χ0n) is 11.6. The van der Waals surface area contributed by atoms with E-state index in [1.54, 1.807) is 14.2 Å². The molecule has 0 bridgehead atoms. The first kappa shape index (κ1) is 13.3. The van der Waals surface area contributed by atoms with Gasteiger partial charge in [-0.2, -0.15) is 0 Å². The van der Waals surface area contributed by atoms with E-state index in [-0.39, 0.29) is 0 Å². The van der Waals surface area contributed by atoms with Gasteiger partial charge in [-0.3, -0.25) is 0 Å². The van der Waals surface area contributed by atoms with Crippen LogP contribution in [-0.4, -0.2) is 14.2 Å².